The third-order valence-corrected chi connectivity index (χ3v) is 10.1. The van der Waals surface area contributed by atoms with Crippen molar-refractivity contribution in [3.05, 3.63) is 235 Å². The van der Waals surface area contributed by atoms with Gasteiger partial charge in [-0.15, -0.1) is 0 Å². The summed E-state index contributed by atoms with van der Waals surface area (Å²) < 4.78 is 0. The highest BCUT2D eigenvalue weighted by Crippen LogP contribution is 2.57. The Labute approximate surface area is 306 Å². The summed E-state index contributed by atoms with van der Waals surface area (Å²) in [5.74, 6) is 7.49. The van der Waals surface area contributed by atoms with Crippen LogP contribution in [-0.2, 0) is 5.41 Å². The van der Waals surface area contributed by atoms with E-state index in [2.05, 4.69) is 223 Å². The molecule has 0 radical (unpaired) electrons. The van der Waals surface area contributed by atoms with Gasteiger partial charge in [-0.3, -0.25) is 0 Å². The predicted molar refractivity (Wildman–Crippen MR) is 217 cm³/mol. The smallest absolute Gasteiger partial charge is 0.108 e. The molecule has 52 heavy (non-hydrogen) atoms. The molecule has 0 bridgehead atoms. The normalized spacial score (nSPS) is 14.1. The van der Waals surface area contributed by atoms with Gasteiger partial charge in [-0.25, -0.2) is 0 Å². The van der Waals surface area contributed by atoms with Gasteiger partial charge < -0.3 is 4.90 Å². The first-order valence-electron chi connectivity index (χ1n) is 17.8. The Hall–Kier alpha value is -6.88. The van der Waals surface area contributed by atoms with Crippen LogP contribution in [0.5, 0.6) is 0 Å². The highest BCUT2D eigenvalue weighted by atomic mass is 15.1. The van der Waals surface area contributed by atoms with E-state index >= 15 is 0 Å². The fourth-order valence-electron chi connectivity index (χ4n) is 7.73. The Morgan fingerprint density at radius 2 is 0.904 bits per heavy atom. The lowest BCUT2D eigenvalue weighted by atomic mass is 9.73. The fourth-order valence-corrected chi connectivity index (χ4v) is 7.73. The van der Waals surface area contributed by atoms with E-state index < -0.39 is 5.41 Å². The van der Waals surface area contributed by atoms with E-state index in [0.717, 1.165) is 28.2 Å². The molecule has 9 rings (SSSR count). The van der Waals surface area contributed by atoms with Crippen molar-refractivity contribution >= 4 is 17.1 Å². The van der Waals surface area contributed by atoms with Crippen LogP contribution in [0.1, 0.15) is 22.3 Å². The minimum Gasteiger partial charge on any atom is -0.310 e. The monoisotopic (exact) mass is 661 g/mol. The van der Waals surface area contributed by atoms with Crippen LogP contribution in [0.2, 0.25) is 0 Å². The minimum absolute atomic E-state index is 0.678. The molecule has 8 aromatic rings. The third kappa shape index (κ3) is 5.48. The zero-order valence-corrected chi connectivity index (χ0v) is 28.7. The summed E-state index contributed by atoms with van der Waals surface area (Å²) in [6.45, 7) is 0. The average Bonchev–Trinajstić information content (AvgIpc) is 3.53. The molecule has 0 N–H and O–H groups in total. The largest absolute Gasteiger partial charge is 0.310 e. The van der Waals surface area contributed by atoms with Crippen molar-refractivity contribution in [1.29, 1.82) is 0 Å². The van der Waals surface area contributed by atoms with Crippen LogP contribution in [0.25, 0.3) is 33.4 Å². The maximum atomic E-state index is 3.88. The molecule has 244 valence electrons. The molecular weight excluding hydrogens is 627 g/mol. The number of para-hydroxylation sites is 1. The van der Waals surface area contributed by atoms with Crippen molar-refractivity contribution in [2.24, 2.45) is 0 Å². The molecule has 0 aliphatic heterocycles. The van der Waals surface area contributed by atoms with Crippen molar-refractivity contribution in [3.63, 3.8) is 0 Å². The molecule has 0 saturated carbocycles. The van der Waals surface area contributed by atoms with Gasteiger partial charge in [0.05, 0.1) is 5.69 Å². The second-order valence-corrected chi connectivity index (χ2v) is 13.1. The summed E-state index contributed by atoms with van der Waals surface area (Å²) >= 11 is 0. The number of rotatable bonds is 6. The summed E-state index contributed by atoms with van der Waals surface area (Å²) in [5.41, 5.74) is 14.2. The van der Waals surface area contributed by atoms with Crippen molar-refractivity contribution in [3.8, 4) is 45.2 Å². The van der Waals surface area contributed by atoms with Crippen LogP contribution < -0.4 is 4.90 Å². The van der Waals surface area contributed by atoms with E-state index in [-0.39, 0.29) is 0 Å². The predicted octanol–water partition coefficient (Wildman–Crippen LogP) is 12.9. The highest BCUT2D eigenvalue weighted by molar-refractivity contribution is 5.98. The maximum absolute atomic E-state index is 3.88. The van der Waals surface area contributed by atoms with Gasteiger partial charge in [0.1, 0.15) is 5.41 Å². The van der Waals surface area contributed by atoms with Crippen molar-refractivity contribution in [2.45, 2.75) is 5.41 Å². The van der Waals surface area contributed by atoms with Crippen molar-refractivity contribution in [1.82, 2.24) is 0 Å². The lowest BCUT2D eigenvalue weighted by Gasteiger charge is -2.30. The minimum atomic E-state index is -0.678. The van der Waals surface area contributed by atoms with E-state index in [9.17, 15) is 0 Å². The molecule has 0 heterocycles. The zero-order valence-electron chi connectivity index (χ0n) is 28.7. The second-order valence-electron chi connectivity index (χ2n) is 13.1. The first kappa shape index (κ1) is 31.1. The number of nitrogens with zero attached hydrogens (tertiary/aromatic N) is 1. The Kier molecular flexibility index (Phi) is 8.05. The molecule has 1 aliphatic carbocycles. The summed E-state index contributed by atoms with van der Waals surface area (Å²) in [7, 11) is 0. The molecule has 1 heteroatoms. The Morgan fingerprint density at radius 1 is 0.385 bits per heavy atom. The SMILES string of the molecule is C(#CC1(c2ccccc2)c2ccccc2-c2c(N(c3ccccc3)c3cc(-c4ccccc4)cc(-c4ccccc4)c3)cccc21)c1ccccc1. The molecule has 0 aromatic heterocycles. The molecule has 1 aliphatic rings. The van der Waals surface area contributed by atoms with E-state index in [4.69, 9.17) is 0 Å². The molecule has 0 fully saturated rings. The number of hydrogen-bond donors (Lipinski definition) is 0. The Morgan fingerprint density at radius 3 is 1.54 bits per heavy atom. The lowest BCUT2D eigenvalue weighted by molar-refractivity contribution is 0.837. The summed E-state index contributed by atoms with van der Waals surface area (Å²) in [5, 5.41) is 0. The lowest BCUT2D eigenvalue weighted by Crippen LogP contribution is -2.25. The summed E-state index contributed by atoms with van der Waals surface area (Å²) in [4.78, 5) is 2.43. The first-order chi connectivity index (χ1) is 25.8. The fraction of sp³-hybridized carbons (Fsp3) is 0.0196. The van der Waals surface area contributed by atoms with Gasteiger partial charge in [0.15, 0.2) is 0 Å². The Balaban J connectivity index is 1.34. The van der Waals surface area contributed by atoms with Crippen LogP contribution in [0, 0.1) is 11.8 Å². The second kappa shape index (κ2) is 13.4. The van der Waals surface area contributed by atoms with E-state index in [1.807, 2.05) is 6.07 Å². The average molecular weight is 662 g/mol. The van der Waals surface area contributed by atoms with Gasteiger partial charge in [-0.05, 0) is 93.0 Å². The van der Waals surface area contributed by atoms with Gasteiger partial charge in [0, 0.05) is 22.5 Å². The van der Waals surface area contributed by atoms with E-state index in [0.29, 0.717) is 0 Å². The quantitative estimate of drug-likeness (QED) is 0.160. The van der Waals surface area contributed by atoms with Crippen LogP contribution in [0.4, 0.5) is 17.1 Å². The van der Waals surface area contributed by atoms with Crippen LogP contribution in [0.3, 0.4) is 0 Å². The first-order valence-corrected chi connectivity index (χ1v) is 17.8. The molecular formula is C51H35N. The summed E-state index contributed by atoms with van der Waals surface area (Å²) in [6.07, 6.45) is 0. The zero-order chi connectivity index (χ0) is 34.7. The molecule has 0 saturated heterocycles. The van der Waals surface area contributed by atoms with E-state index in [1.165, 1.54) is 44.5 Å². The van der Waals surface area contributed by atoms with Crippen molar-refractivity contribution < 1.29 is 0 Å². The van der Waals surface area contributed by atoms with Gasteiger partial charge in [-0.2, -0.15) is 0 Å². The third-order valence-electron chi connectivity index (χ3n) is 10.1. The molecule has 1 atom stereocenters. The maximum Gasteiger partial charge on any atom is 0.108 e. The highest BCUT2D eigenvalue weighted by Gasteiger charge is 2.45. The number of benzene rings is 8. The van der Waals surface area contributed by atoms with E-state index in [1.54, 1.807) is 0 Å². The molecule has 1 unspecified atom stereocenters. The number of anilines is 3. The van der Waals surface area contributed by atoms with Gasteiger partial charge in [0.25, 0.3) is 0 Å². The standard InChI is InChI=1S/C51H35N/c1-6-19-38(20-7-1)33-34-51(43-25-12-4-13-26-43)47-30-17-16-29-46(47)50-48(51)31-18-32-49(50)52(44-27-14-5-15-28-44)45-36-41(39-21-8-2-9-22-39)35-42(37-45)40-23-10-3-11-24-40/h1-32,35-37H. The molecule has 0 spiro atoms. The number of hydrogen-bond acceptors (Lipinski definition) is 1. The van der Waals surface area contributed by atoms with Crippen LogP contribution >= 0.6 is 0 Å². The Bertz CT molecular complexity index is 2490. The number of fused-ring (bicyclic) bond motifs is 3. The molecule has 1 nitrogen and oxygen atoms in total. The van der Waals surface area contributed by atoms with Gasteiger partial charge >= 0.3 is 0 Å². The molecule has 0 amide bonds. The van der Waals surface area contributed by atoms with Crippen LogP contribution in [0.15, 0.2) is 212 Å². The molecule has 8 aromatic carbocycles. The summed E-state index contributed by atoms with van der Waals surface area (Å²) in [6, 6.07) is 75.8. The topological polar surface area (TPSA) is 3.24 Å². The van der Waals surface area contributed by atoms with Crippen molar-refractivity contribution in [2.75, 3.05) is 4.90 Å². The van der Waals surface area contributed by atoms with Gasteiger partial charge in [0.2, 0.25) is 0 Å². The van der Waals surface area contributed by atoms with Crippen LogP contribution in [-0.4, -0.2) is 0 Å². The van der Waals surface area contributed by atoms with Gasteiger partial charge in [-0.1, -0.05) is 176 Å².